The quantitative estimate of drug-likeness (QED) is 0.321. The number of hydrogen-bond donors (Lipinski definition) is 2. The highest BCUT2D eigenvalue weighted by atomic mass is 32.1. The Labute approximate surface area is 215 Å². The van der Waals surface area contributed by atoms with Gasteiger partial charge < -0.3 is 19.5 Å². The second kappa shape index (κ2) is 11.8. The Bertz CT molecular complexity index is 1270. The van der Waals surface area contributed by atoms with Gasteiger partial charge in [-0.05, 0) is 42.0 Å². The van der Waals surface area contributed by atoms with Gasteiger partial charge in [0, 0.05) is 61.2 Å². The summed E-state index contributed by atoms with van der Waals surface area (Å²) in [7, 11) is 0. The van der Waals surface area contributed by atoms with Crippen molar-refractivity contribution in [2.24, 2.45) is 0 Å². The number of H-pyrrole nitrogens is 1. The molecule has 1 amide bonds. The summed E-state index contributed by atoms with van der Waals surface area (Å²) in [5.41, 5.74) is 4.08. The molecule has 1 fully saturated rings. The number of carbonyl (C=O) groups excluding carboxylic acids is 1. The number of oxazole rings is 1. The van der Waals surface area contributed by atoms with Crippen LogP contribution >= 0.6 is 11.3 Å². The van der Waals surface area contributed by atoms with Gasteiger partial charge in [-0.25, -0.2) is 4.98 Å². The van der Waals surface area contributed by atoms with Crippen molar-refractivity contribution >= 4 is 28.1 Å². The molecule has 1 aliphatic rings. The van der Waals surface area contributed by atoms with Gasteiger partial charge in [0.25, 0.3) is 5.91 Å². The van der Waals surface area contributed by atoms with Gasteiger partial charge in [0.1, 0.15) is 6.26 Å². The smallest absolute Gasteiger partial charge is 0.273 e. The summed E-state index contributed by atoms with van der Waals surface area (Å²) in [5.74, 6) is 0.360. The number of aryl methyl sites for hydroxylation is 1. The number of morpholine rings is 1. The maximum Gasteiger partial charge on any atom is 0.273 e. The zero-order valence-corrected chi connectivity index (χ0v) is 21.5. The minimum absolute atomic E-state index is 0.197. The van der Waals surface area contributed by atoms with Crippen LogP contribution in [0.2, 0.25) is 0 Å². The minimum atomic E-state index is -0.197. The molecule has 1 aliphatic heterocycles. The Morgan fingerprint density at radius 1 is 1.22 bits per heavy atom. The second-order valence-electron chi connectivity index (χ2n) is 9.18. The third kappa shape index (κ3) is 6.22. The van der Waals surface area contributed by atoms with Gasteiger partial charge in [0.2, 0.25) is 5.89 Å². The fourth-order valence-corrected chi connectivity index (χ4v) is 5.47. The number of nitrogens with zero attached hydrogens (tertiary/aromatic N) is 3. The van der Waals surface area contributed by atoms with Crippen molar-refractivity contribution in [1.29, 1.82) is 0 Å². The summed E-state index contributed by atoms with van der Waals surface area (Å²) in [6, 6.07) is 10.5. The number of aromatic nitrogens is 2. The molecule has 0 unspecified atom stereocenters. The molecule has 2 N–H and O–H groups in total. The predicted octanol–water partition coefficient (Wildman–Crippen LogP) is 3.83. The molecule has 0 spiro atoms. The van der Waals surface area contributed by atoms with Crippen molar-refractivity contribution in [3.05, 3.63) is 75.8 Å². The molecule has 4 aromatic rings. The van der Waals surface area contributed by atoms with E-state index in [2.05, 4.69) is 67.9 Å². The number of para-hydroxylation sites is 1. The maximum atomic E-state index is 12.6. The first-order chi connectivity index (χ1) is 17.7. The summed E-state index contributed by atoms with van der Waals surface area (Å²) in [6.45, 7) is 9.05. The molecule has 36 heavy (non-hydrogen) atoms. The molecule has 0 radical (unpaired) electrons. The zero-order chi connectivity index (χ0) is 24.7. The van der Waals surface area contributed by atoms with Gasteiger partial charge in [0.05, 0.1) is 19.8 Å². The number of rotatable bonds is 11. The van der Waals surface area contributed by atoms with Crippen LogP contribution in [0.25, 0.3) is 10.9 Å². The van der Waals surface area contributed by atoms with E-state index in [-0.39, 0.29) is 5.91 Å². The van der Waals surface area contributed by atoms with E-state index in [9.17, 15) is 4.79 Å². The van der Waals surface area contributed by atoms with E-state index in [1.54, 1.807) is 11.3 Å². The Morgan fingerprint density at radius 3 is 2.92 bits per heavy atom. The van der Waals surface area contributed by atoms with Crippen LogP contribution in [0.15, 0.2) is 52.6 Å². The molecule has 0 bridgehead atoms. The van der Waals surface area contributed by atoms with Crippen LogP contribution in [0.1, 0.15) is 32.4 Å². The molecule has 1 saturated heterocycles. The largest absolute Gasteiger partial charge is 0.447 e. The predicted molar refractivity (Wildman–Crippen MR) is 141 cm³/mol. The van der Waals surface area contributed by atoms with Gasteiger partial charge in [-0.15, -0.1) is 11.3 Å². The fraction of sp³-hybridized carbons (Fsp3) is 0.407. The second-order valence-corrected chi connectivity index (χ2v) is 10.2. The third-order valence-electron chi connectivity index (χ3n) is 6.67. The lowest BCUT2D eigenvalue weighted by Crippen LogP contribution is -2.41. The number of nitrogens with one attached hydrogen (secondary N) is 2. The molecule has 1 aromatic carbocycles. The highest BCUT2D eigenvalue weighted by Crippen LogP contribution is 2.22. The van der Waals surface area contributed by atoms with Crippen LogP contribution in [-0.2, 0) is 24.2 Å². The highest BCUT2D eigenvalue weighted by Gasteiger charge is 2.17. The van der Waals surface area contributed by atoms with Crippen molar-refractivity contribution < 1.29 is 13.9 Å². The number of benzene rings is 1. The van der Waals surface area contributed by atoms with Crippen molar-refractivity contribution in [3.63, 3.8) is 0 Å². The number of amides is 1. The first-order valence-corrected chi connectivity index (χ1v) is 13.4. The average molecular weight is 508 g/mol. The lowest BCUT2D eigenvalue weighted by molar-refractivity contribution is 0.0383. The summed E-state index contributed by atoms with van der Waals surface area (Å²) in [4.78, 5) is 26.4. The number of ether oxygens (including phenoxy) is 1. The van der Waals surface area contributed by atoms with E-state index in [1.807, 2.05) is 6.07 Å². The van der Waals surface area contributed by atoms with Gasteiger partial charge in [-0.1, -0.05) is 18.2 Å². The molecular weight excluding hydrogens is 474 g/mol. The lowest BCUT2D eigenvalue weighted by atomic mass is 10.1. The number of thiophene rings is 1. The number of fused-ring (bicyclic) bond motifs is 1. The van der Waals surface area contributed by atoms with Crippen molar-refractivity contribution in [3.8, 4) is 0 Å². The summed E-state index contributed by atoms with van der Waals surface area (Å²) in [6.07, 6.45) is 4.47. The van der Waals surface area contributed by atoms with Gasteiger partial charge in [-0.3, -0.25) is 14.6 Å². The minimum Gasteiger partial charge on any atom is -0.447 e. The zero-order valence-electron chi connectivity index (χ0n) is 20.7. The molecule has 8 nitrogen and oxygen atoms in total. The molecule has 0 saturated carbocycles. The monoisotopic (exact) mass is 507 g/mol. The maximum absolute atomic E-state index is 12.6. The lowest BCUT2D eigenvalue weighted by Gasteiger charge is -2.26. The molecule has 0 atom stereocenters. The SMILES string of the molecule is Cc1ccsc1CN(CCc1c[nH]c2ccccc12)Cc1nc(C(=O)NCCN2CCOCC2)co1. The summed E-state index contributed by atoms with van der Waals surface area (Å²) < 4.78 is 11.1. The van der Waals surface area contributed by atoms with Crippen LogP contribution in [0, 0.1) is 6.92 Å². The number of carbonyl (C=O) groups is 1. The molecular formula is C27H33N5O3S. The number of hydrogen-bond acceptors (Lipinski definition) is 7. The number of aromatic amines is 1. The van der Waals surface area contributed by atoms with E-state index in [1.165, 1.54) is 27.7 Å². The van der Waals surface area contributed by atoms with E-state index in [0.717, 1.165) is 57.9 Å². The standard InChI is InChI=1S/C27H33N5O3S/c1-20-7-15-36-25(20)17-32(9-6-21-16-29-23-5-3-2-4-22(21)23)18-26-30-24(19-35-26)27(33)28-8-10-31-11-13-34-14-12-31/h2-5,7,15-16,19,29H,6,8-14,17-18H2,1H3,(H,28,33). The van der Waals surface area contributed by atoms with Crippen LogP contribution in [0.5, 0.6) is 0 Å². The van der Waals surface area contributed by atoms with Gasteiger partial charge in [-0.2, -0.15) is 0 Å². The summed E-state index contributed by atoms with van der Waals surface area (Å²) >= 11 is 1.77. The van der Waals surface area contributed by atoms with Crippen molar-refractivity contribution in [2.45, 2.75) is 26.4 Å². The van der Waals surface area contributed by atoms with E-state index < -0.39 is 0 Å². The Morgan fingerprint density at radius 2 is 2.08 bits per heavy atom. The van der Waals surface area contributed by atoms with Crippen LogP contribution < -0.4 is 5.32 Å². The molecule has 0 aliphatic carbocycles. The highest BCUT2D eigenvalue weighted by molar-refractivity contribution is 7.10. The van der Waals surface area contributed by atoms with E-state index >= 15 is 0 Å². The topological polar surface area (TPSA) is 86.6 Å². The van der Waals surface area contributed by atoms with E-state index in [0.29, 0.717) is 24.7 Å². The van der Waals surface area contributed by atoms with Crippen LogP contribution in [-0.4, -0.2) is 71.6 Å². The first kappa shape index (κ1) is 24.7. The van der Waals surface area contributed by atoms with Gasteiger partial charge in [0.15, 0.2) is 5.69 Å². The Kier molecular flexibility index (Phi) is 8.12. The van der Waals surface area contributed by atoms with Crippen LogP contribution in [0.3, 0.4) is 0 Å². The van der Waals surface area contributed by atoms with Crippen molar-refractivity contribution in [1.82, 2.24) is 25.1 Å². The Hall–Kier alpha value is -2.98. The first-order valence-electron chi connectivity index (χ1n) is 12.5. The molecule has 5 rings (SSSR count). The molecule has 3 aromatic heterocycles. The van der Waals surface area contributed by atoms with Crippen molar-refractivity contribution in [2.75, 3.05) is 45.9 Å². The van der Waals surface area contributed by atoms with Gasteiger partial charge >= 0.3 is 0 Å². The Balaban J connectivity index is 1.20. The molecule has 9 heteroatoms. The van der Waals surface area contributed by atoms with Crippen LogP contribution in [0.4, 0.5) is 0 Å². The normalized spacial score (nSPS) is 14.6. The average Bonchev–Trinajstić information content (AvgIpc) is 3.64. The summed E-state index contributed by atoms with van der Waals surface area (Å²) in [5, 5.41) is 6.35. The van der Waals surface area contributed by atoms with E-state index in [4.69, 9.17) is 9.15 Å². The molecule has 4 heterocycles. The fourth-order valence-electron chi connectivity index (χ4n) is 4.52. The molecule has 190 valence electrons. The third-order valence-corrected chi connectivity index (χ3v) is 7.68.